The van der Waals surface area contributed by atoms with Gasteiger partial charge in [-0.25, -0.2) is 18.4 Å². The van der Waals surface area contributed by atoms with Crippen LogP contribution in [0.25, 0.3) is 0 Å². The van der Waals surface area contributed by atoms with Gasteiger partial charge in [0.2, 0.25) is 15.0 Å². The van der Waals surface area contributed by atoms with E-state index in [1.54, 1.807) is 18.6 Å². The maximum atomic E-state index is 11.5. The second-order valence-corrected chi connectivity index (χ2v) is 7.64. The van der Waals surface area contributed by atoms with Crippen molar-refractivity contribution in [2.75, 3.05) is 12.8 Å². The Morgan fingerprint density at radius 1 is 1.36 bits per heavy atom. The summed E-state index contributed by atoms with van der Waals surface area (Å²) in [6.07, 6.45) is 6.79. The van der Waals surface area contributed by atoms with Crippen molar-refractivity contribution in [3.63, 3.8) is 0 Å². The molecule has 0 unspecified atom stereocenters. The zero-order valence-corrected chi connectivity index (χ0v) is 13.6. The molecule has 0 atom stereocenters. The van der Waals surface area contributed by atoms with Crippen molar-refractivity contribution in [2.45, 2.75) is 24.7 Å². The van der Waals surface area contributed by atoms with E-state index in [2.05, 4.69) is 19.9 Å². The van der Waals surface area contributed by atoms with Crippen molar-refractivity contribution in [2.24, 2.45) is 0 Å². The average molecular weight is 339 g/mol. The quantitative estimate of drug-likeness (QED) is 0.789. The summed E-state index contributed by atoms with van der Waals surface area (Å²) in [6, 6.07) is 1.90. The lowest BCUT2D eigenvalue weighted by atomic mass is 10.1. The number of halogens is 1. The van der Waals surface area contributed by atoms with E-state index in [9.17, 15) is 8.42 Å². The van der Waals surface area contributed by atoms with Gasteiger partial charge in [-0.2, -0.15) is 0 Å². The highest BCUT2D eigenvalue weighted by Crippen LogP contribution is 2.22. The number of aromatic nitrogens is 3. The number of hydrogen-bond donors (Lipinski definition) is 0. The van der Waals surface area contributed by atoms with Crippen LogP contribution in [-0.2, 0) is 29.3 Å². The van der Waals surface area contributed by atoms with Gasteiger partial charge in [-0.05, 0) is 11.6 Å². The summed E-state index contributed by atoms with van der Waals surface area (Å²) in [7, 11) is -3.36. The van der Waals surface area contributed by atoms with Crippen LogP contribution in [0.3, 0.4) is 0 Å². The highest BCUT2D eigenvalue weighted by Gasteiger charge is 2.21. The van der Waals surface area contributed by atoms with Gasteiger partial charge in [0.05, 0.1) is 10.7 Å². The molecule has 116 valence electrons. The van der Waals surface area contributed by atoms with Crippen molar-refractivity contribution in [1.82, 2.24) is 19.9 Å². The molecule has 0 fully saturated rings. The second-order valence-electron chi connectivity index (χ2n) is 5.32. The largest absolute Gasteiger partial charge is 0.294 e. The maximum Gasteiger partial charge on any atom is 0.246 e. The smallest absolute Gasteiger partial charge is 0.246 e. The Morgan fingerprint density at radius 3 is 2.91 bits per heavy atom. The molecular weight excluding hydrogens is 324 g/mol. The minimum Gasteiger partial charge on any atom is -0.294 e. The number of hydrogen-bond acceptors (Lipinski definition) is 6. The van der Waals surface area contributed by atoms with Gasteiger partial charge < -0.3 is 0 Å². The Labute approximate surface area is 134 Å². The third kappa shape index (κ3) is 3.26. The Hall–Kier alpha value is -1.57. The molecular formula is C14H15ClN4O2S. The Kier molecular flexibility index (Phi) is 4.12. The number of fused-ring (bicyclic) bond motifs is 1. The molecule has 22 heavy (non-hydrogen) atoms. The highest BCUT2D eigenvalue weighted by molar-refractivity contribution is 7.90. The summed E-state index contributed by atoms with van der Waals surface area (Å²) in [6.45, 7) is 2.19. The van der Waals surface area contributed by atoms with E-state index in [4.69, 9.17) is 11.6 Å². The summed E-state index contributed by atoms with van der Waals surface area (Å²) in [4.78, 5) is 14.4. The second kappa shape index (κ2) is 5.91. The van der Waals surface area contributed by atoms with Crippen molar-refractivity contribution in [3.8, 4) is 0 Å². The molecule has 0 saturated heterocycles. The van der Waals surface area contributed by atoms with Crippen LogP contribution in [0.4, 0.5) is 0 Å². The van der Waals surface area contributed by atoms with Crippen molar-refractivity contribution in [1.29, 1.82) is 0 Å². The third-order valence-electron chi connectivity index (χ3n) is 3.57. The van der Waals surface area contributed by atoms with E-state index in [0.717, 1.165) is 29.6 Å². The molecule has 2 aromatic rings. The molecule has 0 bridgehead atoms. The lowest BCUT2D eigenvalue weighted by molar-refractivity contribution is 0.242. The van der Waals surface area contributed by atoms with Crippen molar-refractivity contribution >= 4 is 21.4 Å². The lowest BCUT2D eigenvalue weighted by Gasteiger charge is -2.28. The summed E-state index contributed by atoms with van der Waals surface area (Å²) >= 11 is 6.13. The van der Waals surface area contributed by atoms with Gasteiger partial charge in [-0.15, -0.1) is 0 Å². The van der Waals surface area contributed by atoms with E-state index in [1.165, 1.54) is 0 Å². The first-order valence-electron chi connectivity index (χ1n) is 6.79. The lowest BCUT2D eigenvalue weighted by Crippen LogP contribution is -2.31. The molecule has 3 rings (SSSR count). The average Bonchev–Trinajstić information content (AvgIpc) is 2.48. The molecule has 3 heterocycles. The van der Waals surface area contributed by atoms with Gasteiger partial charge in [0, 0.05) is 56.5 Å². The van der Waals surface area contributed by atoms with Crippen LogP contribution < -0.4 is 0 Å². The van der Waals surface area contributed by atoms with E-state index < -0.39 is 9.84 Å². The fourth-order valence-electron chi connectivity index (χ4n) is 2.44. The fourth-order valence-corrected chi connectivity index (χ4v) is 3.14. The molecule has 6 nitrogen and oxygen atoms in total. The van der Waals surface area contributed by atoms with Crippen LogP contribution in [0, 0.1) is 0 Å². The summed E-state index contributed by atoms with van der Waals surface area (Å²) in [5.41, 5.74) is 2.80. The zero-order chi connectivity index (χ0) is 15.7. The molecule has 0 aliphatic carbocycles. The van der Waals surface area contributed by atoms with E-state index in [1.807, 2.05) is 6.07 Å². The fraction of sp³-hybridized carbons (Fsp3) is 0.357. The monoisotopic (exact) mass is 338 g/mol. The maximum absolute atomic E-state index is 11.5. The van der Waals surface area contributed by atoms with Gasteiger partial charge in [0.15, 0.2) is 0 Å². The molecule has 0 N–H and O–H groups in total. The normalized spacial score (nSPS) is 15.5. The van der Waals surface area contributed by atoms with Gasteiger partial charge in [0.25, 0.3) is 0 Å². The molecule has 0 saturated carbocycles. The van der Waals surface area contributed by atoms with Gasteiger partial charge in [0.1, 0.15) is 0 Å². The van der Waals surface area contributed by atoms with Gasteiger partial charge >= 0.3 is 0 Å². The number of sulfone groups is 1. The van der Waals surface area contributed by atoms with Crippen LogP contribution in [0.15, 0.2) is 29.8 Å². The van der Waals surface area contributed by atoms with Crippen molar-refractivity contribution in [3.05, 3.63) is 46.5 Å². The predicted molar refractivity (Wildman–Crippen MR) is 82.2 cm³/mol. The Morgan fingerprint density at radius 2 is 2.18 bits per heavy atom. The molecule has 1 aliphatic rings. The summed E-state index contributed by atoms with van der Waals surface area (Å²) in [5.74, 6) is 0. The third-order valence-corrected chi connectivity index (χ3v) is 4.77. The standard InChI is InChI=1S/C14H15ClN4O2S/c1-22(20,21)14-17-6-11-9-19(5-3-13(11)18-14)8-10-2-4-16-7-12(10)15/h2,4,6-7H,3,5,8-9H2,1H3. The van der Waals surface area contributed by atoms with E-state index >= 15 is 0 Å². The van der Waals surface area contributed by atoms with Crippen LogP contribution >= 0.6 is 11.6 Å². The predicted octanol–water partition coefficient (Wildman–Crippen LogP) is 1.49. The molecule has 8 heteroatoms. The summed E-state index contributed by atoms with van der Waals surface area (Å²) in [5, 5.41) is 0.550. The first-order valence-corrected chi connectivity index (χ1v) is 9.06. The Balaban J connectivity index is 1.79. The topological polar surface area (TPSA) is 76.1 Å². The molecule has 0 aromatic carbocycles. The first kappa shape index (κ1) is 15.3. The molecule has 0 radical (unpaired) electrons. The first-order chi connectivity index (χ1) is 10.4. The minimum absolute atomic E-state index is 0.100. The van der Waals surface area contributed by atoms with E-state index in [0.29, 0.717) is 24.5 Å². The molecule has 2 aromatic heterocycles. The van der Waals surface area contributed by atoms with Crippen LogP contribution in [-0.4, -0.2) is 41.1 Å². The number of nitrogens with zero attached hydrogens (tertiary/aromatic N) is 4. The molecule has 0 amide bonds. The number of pyridine rings is 1. The minimum atomic E-state index is -3.36. The van der Waals surface area contributed by atoms with Crippen LogP contribution in [0.2, 0.25) is 5.02 Å². The Bertz CT molecular complexity index is 810. The zero-order valence-electron chi connectivity index (χ0n) is 12.0. The van der Waals surface area contributed by atoms with Crippen LogP contribution in [0.1, 0.15) is 16.8 Å². The van der Waals surface area contributed by atoms with E-state index in [-0.39, 0.29) is 5.16 Å². The van der Waals surface area contributed by atoms with Crippen LogP contribution in [0.5, 0.6) is 0 Å². The van der Waals surface area contributed by atoms with Gasteiger partial charge in [-0.3, -0.25) is 9.88 Å². The van der Waals surface area contributed by atoms with Crippen molar-refractivity contribution < 1.29 is 8.42 Å². The molecule has 0 spiro atoms. The SMILES string of the molecule is CS(=O)(=O)c1ncc2c(n1)CCN(Cc1ccncc1Cl)C2. The van der Waals surface area contributed by atoms with Gasteiger partial charge in [-0.1, -0.05) is 11.6 Å². The summed E-state index contributed by atoms with van der Waals surface area (Å²) < 4.78 is 23.0. The highest BCUT2D eigenvalue weighted by atomic mass is 35.5. The molecule has 1 aliphatic heterocycles. The number of rotatable bonds is 3.